The van der Waals surface area contributed by atoms with Gasteiger partial charge in [0, 0.05) is 36.3 Å². The van der Waals surface area contributed by atoms with E-state index in [4.69, 9.17) is 9.97 Å². The van der Waals surface area contributed by atoms with Crippen LogP contribution in [0.1, 0.15) is 68.1 Å². The van der Waals surface area contributed by atoms with E-state index in [0.29, 0.717) is 24.7 Å². The molecule has 0 spiro atoms. The fraction of sp³-hybridized carbons (Fsp3) is 0.419. The summed E-state index contributed by atoms with van der Waals surface area (Å²) in [6, 6.07) is 12.2. The predicted molar refractivity (Wildman–Crippen MR) is 160 cm³/mol. The Bertz CT molecular complexity index is 1680. The maximum Gasteiger partial charge on any atom is 0.263 e. The molecule has 232 valence electrons. The van der Waals surface area contributed by atoms with Gasteiger partial charge in [0.25, 0.3) is 18.6 Å². The zero-order valence-corrected chi connectivity index (χ0v) is 25.2. The van der Waals surface area contributed by atoms with Crippen LogP contribution in [0.5, 0.6) is 0 Å². The lowest BCUT2D eigenvalue weighted by atomic mass is 9.92. The van der Waals surface area contributed by atoms with E-state index in [2.05, 4.69) is 50.2 Å². The number of benzene rings is 2. The van der Waals surface area contributed by atoms with E-state index < -0.39 is 12.9 Å². The van der Waals surface area contributed by atoms with Crippen molar-refractivity contribution < 1.29 is 17.6 Å². The molecular weight excluding hydrogens is 574 g/mol. The van der Waals surface area contributed by atoms with Crippen molar-refractivity contribution in [1.29, 1.82) is 0 Å². The topological polar surface area (TPSA) is 70.6 Å². The van der Waals surface area contributed by atoms with Crippen LogP contribution in [-0.2, 0) is 0 Å². The molecule has 3 aromatic heterocycles. The first-order chi connectivity index (χ1) is 21.0. The van der Waals surface area contributed by atoms with Crippen molar-refractivity contribution in [1.82, 2.24) is 38.9 Å². The van der Waals surface area contributed by atoms with Gasteiger partial charge in [-0.2, -0.15) is 4.98 Å². The van der Waals surface area contributed by atoms with Crippen molar-refractivity contribution in [3.63, 3.8) is 0 Å². The maximum absolute atomic E-state index is 13.4. The van der Waals surface area contributed by atoms with Crippen LogP contribution in [-0.4, -0.2) is 78.2 Å². The number of alkyl halides is 4. The molecule has 1 unspecified atom stereocenters. The largest absolute Gasteiger partial charge is 0.349 e. The third-order valence-electron chi connectivity index (χ3n) is 8.74. The second-order valence-corrected chi connectivity index (χ2v) is 11.7. The molecular formula is C31H35F4N9. The molecule has 0 bridgehead atoms. The number of hydrogen-bond donors (Lipinski definition) is 0. The second-order valence-electron chi connectivity index (χ2n) is 11.7. The van der Waals surface area contributed by atoms with Gasteiger partial charge in [0.05, 0.1) is 18.5 Å². The van der Waals surface area contributed by atoms with Crippen LogP contribution in [0.4, 0.5) is 23.4 Å². The number of rotatable bonds is 8. The Hall–Kier alpha value is -4.10. The molecule has 0 N–H and O–H groups in total. The van der Waals surface area contributed by atoms with Crippen molar-refractivity contribution in [3.8, 4) is 0 Å². The van der Waals surface area contributed by atoms with Crippen LogP contribution in [0.15, 0.2) is 61.2 Å². The molecule has 2 aromatic carbocycles. The number of hydrogen-bond acceptors (Lipinski definition) is 7. The number of imidazole rings is 1. The summed E-state index contributed by atoms with van der Waals surface area (Å²) < 4.78 is 57.4. The van der Waals surface area contributed by atoms with Gasteiger partial charge in [-0.1, -0.05) is 48.5 Å². The summed E-state index contributed by atoms with van der Waals surface area (Å²) in [5.74, 6) is 1.18. The highest BCUT2D eigenvalue weighted by molar-refractivity contribution is 5.86. The van der Waals surface area contributed by atoms with Crippen molar-refractivity contribution in [2.24, 2.45) is 0 Å². The Balaban J connectivity index is 1.38. The van der Waals surface area contributed by atoms with Crippen LogP contribution >= 0.6 is 0 Å². The fourth-order valence-electron chi connectivity index (χ4n) is 6.11. The first-order valence-electron chi connectivity index (χ1n) is 14.6. The number of anilines is 1. The van der Waals surface area contributed by atoms with Crippen LogP contribution in [0.25, 0.3) is 16.9 Å². The molecule has 44 heavy (non-hydrogen) atoms. The quantitative estimate of drug-likeness (QED) is 0.197. The second kappa shape index (κ2) is 11.8. The summed E-state index contributed by atoms with van der Waals surface area (Å²) in [5, 5.41) is 8.37. The lowest BCUT2D eigenvalue weighted by molar-refractivity contribution is 0.129. The van der Waals surface area contributed by atoms with E-state index in [1.807, 2.05) is 24.8 Å². The van der Waals surface area contributed by atoms with Gasteiger partial charge in [0.15, 0.2) is 11.5 Å². The molecule has 13 heteroatoms. The molecule has 1 aliphatic heterocycles. The monoisotopic (exact) mass is 609 g/mol. The molecule has 3 atom stereocenters. The molecule has 0 saturated carbocycles. The van der Waals surface area contributed by atoms with E-state index in [1.54, 1.807) is 30.6 Å². The lowest BCUT2D eigenvalue weighted by Crippen LogP contribution is -2.57. The van der Waals surface area contributed by atoms with Crippen molar-refractivity contribution in [2.45, 2.75) is 57.9 Å². The third-order valence-corrected chi connectivity index (χ3v) is 8.74. The molecule has 0 amide bonds. The number of nitrogens with zero attached hydrogens (tertiary/aromatic N) is 9. The third kappa shape index (κ3) is 5.28. The number of piperazine rings is 1. The summed E-state index contributed by atoms with van der Waals surface area (Å²) in [7, 11) is 4.01. The van der Waals surface area contributed by atoms with E-state index in [-0.39, 0.29) is 35.4 Å². The van der Waals surface area contributed by atoms with Gasteiger partial charge in [0.2, 0.25) is 0 Å². The molecule has 1 saturated heterocycles. The normalized spacial score (nSPS) is 19.0. The van der Waals surface area contributed by atoms with Crippen LogP contribution in [0.3, 0.4) is 0 Å². The van der Waals surface area contributed by atoms with E-state index in [9.17, 15) is 17.6 Å². The molecule has 1 fully saturated rings. The highest BCUT2D eigenvalue weighted by Crippen LogP contribution is 2.37. The molecule has 9 nitrogen and oxygen atoms in total. The summed E-state index contributed by atoms with van der Waals surface area (Å²) >= 11 is 0. The zero-order chi connectivity index (χ0) is 31.3. The SMILES string of the molecule is CC(N(C)C)n1cnc2c(N3C[C@@H](C)N(C(c4ccc(C(F)F)cc4)c4ccc(C(F)F)cc4)C[C@@H]3C)nc3nncn3c21. The van der Waals surface area contributed by atoms with Crippen LogP contribution in [0, 0.1) is 0 Å². The minimum absolute atomic E-state index is 0.0164. The minimum atomic E-state index is -2.58. The maximum atomic E-state index is 13.4. The Kier molecular flexibility index (Phi) is 8.01. The molecule has 1 aliphatic rings. The van der Waals surface area contributed by atoms with Crippen LogP contribution in [0.2, 0.25) is 0 Å². The van der Waals surface area contributed by atoms with Crippen molar-refractivity contribution in [3.05, 3.63) is 83.4 Å². The van der Waals surface area contributed by atoms with Gasteiger partial charge in [0.1, 0.15) is 11.8 Å². The van der Waals surface area contributed by atoms with Gasteiger partial charge in [-0.15, -0.1) is 10.2 Å². The molecule has 6 rings (SSSR count). The Morgan fingerprint density at radius 1 is 0.795 bits per heavy atom. The predicted octanol–water partition coefficient (Wildman–Crippen LogP) is 6.12. The summed E-state index contributed by atoms with van der Waals surface area (Å²) in [4.78, 5) is 16.3. The average Bonchev–Trinajstić information content (AvgIpc) is 3.66. The smallest absolute Gasteiger partial charge is 0.263 e. The molecule has 0 radical (unpaired) electrons. The summed E-state index contributed by atoms with van der Waals surface area (Å²) in [5.41, 5.74) is 3.08. The highest BCUT2D eigenvalue weighted by Gasteiger charge is 2.37. The van der Waals surface area contributed by atoms with Crippen LogP contribution < -0.4 is 4.90 Å². The lowest BCUT2D eigenvalue weighted by Gasteiger charge is -2.48. The van der Waals surface area contributed by atoms with Gasteiger partial charge in [-0.3, -0.25) is 14.4 Å². The summed E-state index contributed by atoms with van der Waals surface area (Å²) in [6.45, 7) is 7.48. The minimum Gasteiger partial charge on any atom is -0.349 e. The average molecular weight is 610 g/mol. The standard InChI is InChI=1S/C31H35F4N9/c1-18-15-42(29-25-30(44-17-37-39-31(44)38-29)43(16-36-25)20(3)40(4)5)19(2)14-41(18)26(21-6-10-23(11-7-21)27(32)33)22-8-12-24(13-9-22)28(34)35/h6-13,16-20,26-28H,14-15H2,1-5H3/t18-,19+,20?/m1/s1. The van der Waals surface area contributed by atoms with Gasteiger partial charge >= 0.3 is 0 Å². The van der Waals surface area contributed by atoms with Gasteiger partial charge in [-0.25, -0.2) is 26.9 Å². The highest BCUT2D eigenvalue weighted by atomic mass is 19.3. The first kappa shape index (κ1) is 29.9. The number of fused-ring (bicyclic) bond motifs is 3. The van der Waals surface area contributed by atoms with Gasteiger partial charge in [-0.05, 0) is 46.0 Å². The van der Waals surface area contributed by atoms with E-state index in [1.165, 1.54) is 24.3 Å². The van der Waals surface area contributed by atoms with Gasteiger partial charge < -0.3 is 4.90 Å². The zero-order valence-electron chi connectivity index (χ0n) is 25.2. The molecule has 5 aromatic rings. The Morgan fingerprint density at radius 2 is 1.36 bits per heavy atom. The Morgan fingerprint density at radius 3 is 1.91 bits per heavy atom. The molecule has 0 aliphatic carbocycles. The fourth-order valence-corrected chi connectivity index (χ4v) is 6.11. The number of aromatic nitrogens is 6. The van der Waals surface area contributed by atoms with Crippen molar-refractivity contribution >= 4 is 22.8 Å². The van der Waals surface area contributed by atoms with E-state index >= 15 is 0 Å². The molecule has 4 heterocycles. The van der Waals surface area contributed by atoms with E-state index in [0.717, 1.165) is 22.3 Å². The first-order valence-corrected chi connectivity index (χ1v) is 14.6. The van der Waals surface area contributed by atoms with Crippen molar-refractivity contribution in [2.75, 3.05) is 32.1 Å². The number of halogens is 4. The Labute approximate surface area is 252 Å². The summed E-state index contributed by atoms with van der Waals surface area (Å²) in [6.07, 6.45) is -1.69.